The summed E-state index contributed by atoms with van der Waals surface area (Å²) in [5.41, 5.74) is 1.65. The molecule has 2 fully saturated rings. The van der Waals surface area contributed by atoms with Gasteiger partial charge in [0.25, 0.3) is 0 Å². The van der Waals surface area contributed by atoms with Crippen molar-refractivity contribution in [2.75, 3.05) is 29.9 Å². The minimum absolute atomic E-state index is 0.0188. The maximum Gasteiger partial charge on any atom is 0.234 e. The number of hydrogen-bond donors (Lipinski definition) is 2. The number of carbonyl (C=O) groups is 3. The van der Waals surface area contributed by atoms with Crippen molar-refractivity contribution in [2.45, 2.75) is 31.6 Å². The Kier molecular flexibility index (Phi) is 5.89. The van der Waals surface area contributed by atoms with Crippen molar-refractivity contribution in [2.24, 2.45) is 5.92 Å². The van der Waals surface area contributed by atoms with Crippen molar-refractivity contribution in [1.29, 1.82) is 0 Å². The van der Waals surface area contributed by atoms with Gasteiger partial charge >= 0.3 is 0 Å². The third kappa shape index (κ3) is 4.20. The molecule has 0 saturated carbocycles. The van der Waals surface area contributed by atoms with Gasteiger partial charge in [0.1, 0.15) is 17.4 Å². The molecule has 178 valence electrons. The van der Waals surface area contributed by atoms with Gasteiger partial charge in [-0.2, -0.15) is 0 Å². The summed E-state index contributed by atoms with van der Waals surface area (Å²) in [5, 5.41) is 5.09. The molecule has 2 aromatic carbocycles. The summed E-state index contributed by atoms with van der Waals surface area (Å²) in [6.07, 6.45) is 1.11. The molecule has 5 rings (SSSR count). The number of imide groups is 1. The van der Waals surface area contributed by atoms with Gasteiger partial charge in [-0.25, -0.2) is 8.78 Å². The number of piperidine rings is 1. The lowest BCUT2D eigenvalue weighted by Crippen LogP contribution is -2.48. The zero-order valence-electron chi connectivity index (χ0n) is 18.1. The van der Waals surface area contributed by atoms with Gasteiger partial charge in [-0.1, -0.05) is 11.6 Å². The molecule has 3 aliphatic rings. The van der Waals surface area contributed by atoms with Crippen LogP contribution in [-0.4, -0.2) is 37.4 Å². The Balaban J connectivity index is 1.27. The van der Waals surface area contributed by atoms with E-state index < -0.39 is 23.5 Å². The zero-order chi connectivity index (χ0) is 24.0. The molecule has 0 spiro atoms. The minimum atomic E-state index is -0.719. The number of nitrogens with one attached hydrogen (secondary N) is 2. The van der Waals surface area contributed by atoms with Gasteiger partial charge in [-0.3, -0.25) is 19.7 Å². The van der Waals surface area contributed by atoms with Crippen LogP contribution in [0.5, 0.6) is 5.75 Å². The molecule has 3 heterocycles. The average molecular weight is 490 g/mol. The lowest BCUT2D eigenvalue weighted by molar-refractivity contribution is -0.134. The molecule has 1 atom stereocenters. The van der Waals surface area contributed by atoms with E-state index in [1.54, 1.807) is 0 Å². The van der Waals surface area contributed by atoms with Crippen LogP contribution in [0.25, 0.3) is 0 Å². The van der Waals surface area contributed by atoms with Gasteiger partial charge in [0.2, 0.25) is 17.7 Å². The standard InChI is InChI=1S/C24H22ClF2N3O4/c25-13-1-3-18(16(26)8-13)28-21(32)7-12-10-30(11-12)19-9-17(27)22(14-5-6-34-23(14)19)15-2-4-20(31)29-24(15)33/h1,3,8-9,12,15H,2,4-7,10-11H2,(H,28,32)(H,29,31,33). The second-order valence-corrected chi connectivity index (χ2v) is 9.28. The molecule has 34 heavy (non-hydrogen) atoms. The summed E-state index contributed by atoms with van der Waals surface area (Å²) in [6, 6.07) is 5.42. The molecule has 0 aromatic heterocycles. The molecular formula is C24H22ClF2N3O4. The fourth-order valence-electron chi connectivity index (χ4n) is 4.88. The van der Waals surface area contributed by atoms with Gasteiger partial charge in [-0.05, 0) is 24.6 Å². The number of nitrogens with zero attached hydrogens (tertiary/aromatic N) is 1. The van der Waals surface area contributed by atoms with Gasteiger partial charge in [0, 0.05) is 60.5 Å². The summed E-state index contributed by atoms with van der Waals surface area (Å²) >= 11 is 5.73. The topological polar surface area (TPSA) is 87.7 Å². The minimum Gasteiger partial charge on any atom is -0.491 e. The Morgan fingerprint density at radius 3 is 2.71 bits per heavy atom. The zero-order valence-corrected chi connectivity index (χ0v) is 18.9. The molecule has 0 bridgehead atoms. The van der Waals surface area contributed by atoms with Crippen molar-refractivity contribution in [3.63, 3.8) is 0 Å². The van der Waals surface area contributed by atoms with Gasteiger partial charge in [-0.15, -0.1) is 0 Å². The highest BCUT2D eigenvalue weighted by Gasteiger charge is 2.38. The highest BCUT2D eigenvalue weighted by atomic mass is 35.5. The van der Waals surface area contributed by atoms with E-state index in [9.17, 15) is 18.8 Å². The molecule has 0 radical (unpaired) electrons. The van der Waals surface area contributed by atoms with Crippen LogP contribution in [-0.2, 0) is 20.8 Å². The number of halogens is 3. The predicted octanol–water partition coefficient (Wildman–Crippen LogP) is 3.54. The van der Waals surface area contributed by atoms with Gasteiger partial charge < -0.3 is 15.0 Å². The molecule has 0 aliphatic carbocycles. The van der Waals surface area contributed by atoms with Crippen LogP contribution in [0.2, 0.25) is 5.02 Å². The number of amides is 3. The summed E-state index contributed by atoms with van der Waals surface area (Å²) in [5.74, 6) is -2.37. The Bertz CT molecular complexity index is 1200. The normalized spacial score (nSPS) is 19.9. The summed E-state index contributed by atoms with van der Waals surface area (Å²) in [6.45, 7) is 1.42. The van der Waals surface area contributed by atoms with E-state index in [1.165, 1.54) is 18.2 Å². The molecular weight excluding hydrogens is 468 g/mol. The second kappa shape index (κ2) is 8.87. The van der Waals surface area contributed by atoms with Crippen molar-refractivity contribution in [3.8, 4) is 5.75 Å². The van der Waals surface area contributed by atoms with Gasteiger partial charge in [0.05, 0.1) is 23.9 Å². The molecule has 2 saturated heterocycles. The third-order valence-corrected chi connectivity index (χ3v) is 6.75. The number of ether oxygens (including phenoxy) is 1. The first-order valence-electron chi connectivity index (χ1n) is 11.1. The summed E-state index contributed by atoms with van der Waals surface area (Å²) < 4.78 is 35.0. The summed E-state index contributed by atoms with van der Waals surface area (Å²) in [4.78, 5) is 38.1. The van der Waals surface area contributed by atoms with Crippen molar-refractivity contribution in [3.05, 3.63) is 52.0 Å². The maximum absolute atomic E-state index is 15.2. The van der Waals surface area contributed by atoms with Crippen LogP contribution in [0, 0.1) is 17.6 Å². The molecule has 2 aromatic rings. The highest BCUT2D eigenvalue weighted by molar-refractivity contribution is 6.30. The number of hydrogen-bond acceptors (Lipinski definition) is 5. The van der Waals surface area contributed by atoms with Crippen LogP contribution >= 0.6 is 11.6 Å². The first-order chi connectivity index (χ1) is 16.3. The Morgan fingerprint density at radius 1 is 1.18 bits per heavy atom. The molecule has 2 N–H and O–H groups in total. The monoisotopic (exact) mass is 489 g/mol. The second-order valence-electron chi connectivity index (χ2n) is 8.85. The molecule has 1 unspecified atom stereocenters. The Hall–Kier alpha value is -3.20. The van der Waals surface area contributed by atoms with Crippen molar-refractivity contribution in [1.82, 2.24) is 5.32 Å². The van der Waals surface area contributed by atoms with Crippen LogP contribution in [0.1, 0.15) is 36.3 Å². The lowest BCUT2D eigenvalue weighted by atomic mass is 9.85. The molecule has 3 aliphatic heterocycles. The van der Waals surface area contributed by atoms with Gasteiger partial charge in [0.15, 0.2) is 0 Å². The van der Waals surface area contributed by atoms with Crippen LogP contribution < -0.4 is 20.3 Å². The van der Waals surface area contributed by atoms with Crippen LogP contribution in [0.4, 0.5) is 20.2 Å². The summed E-state index contributed by atoms with van der Waals surface area (Å²) in [7, 11) is 0. The largest absolute Gasteiger partial charge is 0.491 e. The Labute approximate surface area is 199 Å². The van der Waals surface area contributed by atoms with Crippen molar-refractivity contribution >= 4 is 40.7 Å². The first-order valence-corrected chi connectivity index (χ1v) is 11.5. The van der Waals surface area contributed by atoms with E-state index in [1.807, 2.05) is 4.90 Å². The van der Waals surface area contributed by atoms with Crippen LogP contribution in [0.15, 0.2) is 24.3 Å². The third-order valence-electron chi connectivity index (χ3n) is 6.52. The maximum atomic E-state index is 15.2. The highest BCUT2D eigenvalue weighted by Crippen LogP contribution is 2.45. The lowest BCUT2D eigenvalue weighted by Gasteiger charge is -2.41. The van der Waals surface area contributed by atoms with Crippen molar-refractivity contribution < 1.29 is 27.9 Å². The fraction of sp³-hybridized carbons (Fsp3) is 0.375. The SMILES string of the molecule is O=C1CCC(c2c(F)cc(N3CC(CC(=O)Nc4ccc(Cl)cc4F)C3)c3c2CCO3)C(=O)N1. The number of benzene rings is 2. The fourth-order valence-corrected chi connectivity index (χ4v) is 5.04. The predicted molar refractivity (Wildman–Crippen MR) is 121 cm³/mol. The smallest absolute Gasteiger partial charge is 0.234 e. The molecule has 3 amide bonds. The Morgan fingerprint density at radius 2 is 1.97 bits per heavy atom. The number of carbonyl (C=O) groups excluding carboxylic acids is 3. The van der Waals surface area contributed by atoms with E-state index >= 15 is 4.39 Å². The average Bonchev–Trinajstić information content (AvgIpc) is 3.23. The van der Waals surface area contributed by atoms with E-state index in [0.717, 1.165) is 6.07 Å². The number of anilines is 2. The van der Waals surface area contributed by atoms with Crippen LogP contribution in [0.3, 0.4) is 0 Å². The van der Waals surface area contributed by atoms with E-state index in [4.69, 9.17) is 16.3 Å². The molecule has 7 nitrogen and oxygen atoms in total. The first kappa shape index (κ1) is 22.6. The quantitative estimate of drug-likeness (QED) is 0.627. The molecule has 10 heteroatoms. The van der Waals surface area contributed by atoms with E-state index in [0.29, 0.717) is 48.7 Å². The van der Waals surface area contributed by atoms with E-state index in [2.05, 4.69) is 10.6 Å². The number of rotatable bonds is 5. The number of fused-ring (bicyclic) bond motifs is 1. The van der Waals surface area contributed by atoms with E-state index in [-0.39, 0.29) is 47.7 Å².